The van der Waals surface area contributed by atoms with Gasteiger partial charge in [-0.15, -0.1) is 13.2 Å². The van der Waals surface area contributed by atoms with E-state index in [0.717, 1.165) is 34.6 Å². The van der Waals surface area contributed by atoms with Crippen LogP contribution in [0.25, 0.3) is 11.1 Å². The molecule has 0 N–H and O–H groups in total. The SMILES string of the molecule is COC(=O)CCN1CCN2c3ncc(-c4cc(F)cc(OC(F)(F)F)c4)cc3N(S(=O)(=O)c3cccc(C(F)(F)F)c3)C[C@@H]2C1. The van der Waals surface area contributed by atoms with Crippen molar-refractivity contribution in [2.45, 2.75) is 29.9 Å². The van der Waals surface area contributed by atoms with Crippen LogP contribution in [0, 0.1) is 5.82 Å². The van der Waals surface area contributed by atoms with Crippen molar-refractivity contribution >= 4 is 27.5 Å². The predicted molar refractivity (Wildman–Crippen MR) is 146 cm³/mol. The minimum Gasteiger partial charge on any atom is -0.469 e. The molecule has 9 nitrogen and oxygen atoms in total. The molecule has 0 aliphatic carbocycles. The first-order chi connectivity index (χ1) is 21.0. The van der Waals surface area contributed by atoms with Crippen LogP contribution in [0.4, 0.5) is 42.2 Å². The summed E-state index contributed by atoms with van der Waals surface area (Å²) in [5, 5.41) is 0. The Morgan fingerprint density at radius 3 is 2.44 bits per heavy atom. The first kappa shape index (κ1) is 32.3. The minimum absolute atomic E-state index is 0.0275. The van der Waals surface area contributed by atoms with Gasteiger partial charge in [-0.25, -0.2) is 17.8 Å². The smallest absolute Gasteiger partial charge is 0.469 e. The lowest BCUT2D eigenvalue weighted by atomic mass is 10.0. The molecule has 1 fully saturated rings. The lowest BCUT2D eigenvalue weighted by molar-refractivity contribution is -0.274. The number of halogens is 7. The lowest BCUT2D eigenvalue weighted by Gasteiger charge is -2.48. The standard InChI is InChI=1S/C28H25F7N4O5S/c1-43-25(40)5-6-37-7-8-38-21(15-37)16-39(45(41,42)23-4-2-3-19(12-23)27(30,31)32)24-11-18(14-36-26(24)38)17-9-20(29)13-22(10-17)44-28(33,34)35/h2-4,9-14,21H,5-8,15-16H2,1H3/t21-/m0/s1. The van der Waals surface area contributed by atoms with Crippen LogP contribution in [0.5, 0.6) is 5.75 Å². The monoisotopic (exact) mass is 662 g/mol. The van der Waals surface area contributed by atoms with Crippen molar-refractivity contribution < 1.29 is 53.4 Å². The number of benzene rings is 2. The average molecular weight is 663 g/mol. The molecule has 0 unspecified atom stereocenters. The first-order valence-electron chi connectivity index (χ1n) is 13.4. The fourth-order valence-electron chi connectivity index (χ4n) is 5.32. The number of esters is 1. The predicted octanol–water partition coefficient (Wildman–Crippen LogP) is 5.07. The normalized spacial score (nSPS) is 17.5. The Labute approximate surface area is 252 Å². The number of nitrogens with zero attached hydrogens (tertiary/aromatic N) is 4. The molecule has 0 amide bonds. The summed E-state index contributed by atoms with van der Waals surface area (Å²) in [6, 6.07) is 6.29. The summed E-state index contributed by atoms with van der Waals surface area (Å²) >= 11 is 0. The average Bonchev–Trinajstić information content (AvgIpc) is 2.97. The molecule has 2 aliphatic heterocycles. The third-order valence-electron chi connectivity index (χ3n) is 7.38. The van der Waals surface area contributed by atoms with E-state index in [9.17, 15) is 43.9 Å². The number of hydrogen-bond acceptors (Lipinski definition) is 8. The van der Waals surface area contributed by atoms with Gasteiger partial charge in [0.15, 0.2) is 5.82 Å². The molecule has 45 heavy (non-hydrogen) atoms. The van der Waals surface area contributed by atoms with E-state index in [-0.39, 0.29) is 42.1 Å². The molecule has 0 saturated carbocycles. The Hall–Kier alpha value is -4.12. The number of fused-ring (bicyclic) bond motifs is 3. The van der Waals surface area contributed by atoms with E-state index in [1.54, 1.807) is 0 Å². The van der Waals surface area contributed by atoms with Gasteiger partial charge in [-0.05, 0) is 42.0 Å². The zero-order valence-electron chi connectivity index (χ0n) is 23.4. The number of anilines is 2. The molecular formula is C28H25F7N4O5S. The van der Waals surface area contributed by atoms with Crippen molar-refractivity contribution in [3.63, 3.8) is 0 Å². The van der Waals surface area contributed by atoms with E-state index >= 15 is 0 Å². The molecular weight excluding hydrogens is 637 g/mol. The summed E-state index contributed by atoms with van der Waals surface area (Å²) in [7, 11) is -3.42. The van der Waals surface area contributed by atoms with E-state index in [0.29, 0.717) is 31.8 Å². The van der Waals surface area contributed by atoms with Crippen LogP contribution in [0.15, 0.2) is 59.6 Å². The number of aromatic nitrogens is 1. The molecule has 1 atom stereocenters. The largest absolute Gasteiger partial charge is 0.573 e. The summed E-state index contributed by atoms with van der Waals surface area (Å²) in [4.78, 5) is 19.2. The highest BCUT2D eigenvalue weighted by molar-refractivity contribution is 7.92. The molecule has 0 radical (unpaired) electrons. The molecule has 3 aromatic rings. The van der Waals surface area contributed by atoms with Crippen LogP contribution in [0.3, 0.4) is 0 Å². The second kappa shape index (κ2) is 12.0. The van der Waals surface area contributed by atoms with Crippen molar-refractivity contribution in [3.8, 4) is 16.9 Å². The summed E-state index contributed by atoms with van der Waals surface area (Å²) in [5.41, 5.74) is -1.33. The molecule has 1 aromatic heterocycles. The van der Waals surface area contributed by atoms with Crippen LogP contribution in [-0.4, -0.2) is 76.5 Å². The van der Waals surface area contributed by atoms with E-state index in [1.165, 1.54) is 19.4 Å². The highest BCUT2D eigenvalue weighted by Gasteiger charge is 2.42. The Bertz CT molecular complexity index is 1700. The number of ether oxygens (including phenoxy) is 2. The number of rotatable bonds is 7. The number of pyridine rings is 1. The summed E-state index contributed by atoms with van der Waals surface area (Å²) in [6.45, 7) is 1.15. The number of carbonyl (C=O) groups is 1. The van der Waals surface area contributed by atoms with Crippen LogP contribution in [-0.2, 0) is 25.7 Å². The van der Waals surface area contributed by atoms with Gasteiger partial charge in [0.05, 0.1) is 42.3 Å². The number of carbonyl (C=O) groups excluding carboxylic acids is 1. The topological polar surface area (TPSA) is 92.3 Å². The number of sulfonamides is 1. The van der Waals surface area contributed by atoms with Gasteiger partial charge in [0.25, 0.3) is 10.0 Å². The lowest BCUT2D eigenvalue weighted by Crippen LogP contribution is -2.61. The summed E-state index contributed by atoms with van der Waals surface area (Å²) < 4.78 is 131. The molecule has 3 heterocycles. The Balaban J connectivity index is 1.58. The van der Waals surface area contributed by atoms with Crippen LogP contribution in [0.1, 0.15) is 12.0 Å². The van der Waals surface area contributed by atoms with Crippen LogP contribution >= 0.6 is 0 Å². The fourth-order valence-corrected chi connectivity index (χ4v) is 6.86. The van der Waals surface area contributed by atoms with Gasteiger partial charge in [0.1, 0.15) is 11.6 Å². The molecule has 1 saturated heterocycles. The van der Waals surface area contributed by atoms with Gasteiger partial charge in [-0.1, -0.05) is 6.07 Å². The van der Waals surface area contributed by atoms with Crippen LogP contribution in [0.2, 0.25) is 0 Å². The maximum Gasteiger partial charge on any atom is 0.573 e. The molecule has 2 aliphatic rings. The second-order valence-corrected chi connectivity index (χ2v) is 12.2. The van der Waals surface area contributed by atoms with E-state index < -0.39 is 56.6 Å². The van der Waals surface area contributed by atoms with E-state index in [4.69, 9.17) is 0 Å². The van der Waals surface area contributed by atoms with Crippen molar-refractivity contribution in [1.29, 1.82) is 0 Å². The Morgan fingerprint density at radius 2 is 1.76 bits per heavy atom. The quantitative estimate of drug-likeness (QED) is 0.256. The molecule has 0 spiro atoms. The summed E-state index contributed by atoms with van der Waals surface area (Å²) in [5.74, 6) is -2.20. The van der Waals surface area contributed by atoms with E-state index in [1.807, 2.05) is 9.80 Å². The number of piperazine rings is 1. The maximum atomic E-state index is 14.3. The highest BCUT2D eigenvalue weighted by atomic mass is 32.2. The first-order valence-corrected chi connectivity index (χ1v) is 14.8. The van der Waals surface area contributed by atoms with Gasteiger partial charge >= 0.3 is 18.5 Å². The van der Waals surface area contributed by atoms with Gasteiger partial charge in [-0.3, -0.25) is 14.0 Å². The van der Waals surface area contributed by atoms with Crippen molar-refractivity contribution in [2.75, 3.05) is 49.0 Å². The third-order valence-corrected chi connectivity index (χ3v) is 9.15. The number of methoxy groups -OCH3 is 1. The molecule has 2 aromatic carbocycles. The van der Waals surface area contributed by atoms with Gasteiger partial charge < -0.3 is 14.4 Å². The molecule has 0 bridgehead atoms. The minimum atomic E-state index is -5.11. The van der Waals surface area contributed by atoms with E-state index in [2.05, 4.69) is 14.5 Å². The van der Waals surface area contributed by atoms with Crippen molar-refractivity contribution in [2.24, 2.45) is 0 Å². The molecule has 5 rings (SSSR count). The molecule has 242 valence electrons. The fraction of sp³-hybridized carbons (Fsp3) is 0.357. The number of hydrogen-bond donors (Lipinski definition) is 0. The van der Waals surface area contributed by atoms with Crippen LogP contribution < -0.4 is 13.9 Å². The van der Waals surface area contributed by atoms with Gasteiger partial charge in [0.2, 0.25) is 0 Å². The maximum absolute atomic E-state index is 14.3. The zero-order valence-corrected chi connectivity index (χ0v) is 24.2. The molecule has 17 heteroatoms. The number of alkyl halides is 6. The van der Waals surface area contributed by atoms with Crippen molar-refractivity contribution in [1.82, 2.24) is 9.88 Å². The zero-order chi connectivity index (χ0) is 32.7. The highest BCUT2D eigenvalue weighted by Crippen LogP contribution is 2.42. The van der Waals surface area contributed by atoms with Crippen molar-refractivity contribution in [3.05, 3.63) is 66.1 Å². The summed E-state index contributed by atoms with van der Waals surface area (Å²) in [6.07, 6.45) is -8.62. The van der Waals surface area contributed by atoms with Gasteiger partial charge in [0, 0.05) is 44.0 Å². The van der Waals surface area contributed by atoms with Gasteiger partial charge in [-0.2, -0.15) is 13.2 Å². The Morgan fingerprint density at radius 1 is 1.00 bits per heavy atom. The second-order valence-electron chi connectivity index (χ2n) is 10.3. The third kappa shape index (κ3) is 7.08. The Kier molecular flexibility index (Phi) is 8.61.